The van der Waals surface area contributed by atoms with Crippen molar-refractivity contribution in [3.05, 3.63) is 53.6 Å². The number of ether oxygens (including phenoxy) is 1. The Labute approximate surface area is 118 Å². The highest BCUT2D eigenvalue weighted by Gasteiger charge is 2.12. The summed E-state index contributed by atoms with van der Waals surface area (Å²) in [6.45, 7) is 0.466. The second kappa shape index (κ2) is 6.70. The first-order valence-electron chi connectivity index (χ1n) is 6.57. The van der Waals surface area contributed by atoms with Gasteiger partial charge in [0.25, 0.3) is 5.91 Å². The SMILES string of the molecule is COc1ccc(C(=N)C(=O)NCC2=CCCC=C2)cc1. The van der Waals surface area contributed by atoms with Crippen LogP contribution in [0.3, 0.4) is 0 Å². The quantitative estimate of drug-likeness (QED) is 0.807. The van der Waals surface area contributed by atoms with Crippen LogP contribution in [0.4, 0.5) is 0 Å². The standard InChI is InChI=1S/C16H18N2O2/c1-20-14-9-7-13(8-10-14)15(17)16(19)18-11-12-5-3-2-4-6-12/h3,5-10,17H,2,4,11H2,1H3,(H,18,19). The summed E-state index contributed by atoms with van der Waals surface area (Å²) in [7, 11) is 1.58. The van der Waals surface area contributed by atoms with E-state index in [2.05, 4.69) is 17.5 Å². The van der Waals surface area contributed by atoms with Gasteiger partial charge in [-0.2, -0.15) is 0 Å². The lowest BCUT2D eigenvalue weighted by Gasteiger charge is -2.10. The first-order valence-corrected chi connectivity index (χ1v) is 6.57. The molecule has 0 unspecified atom stereocenters. The summed E-state index contributed by atoms with van der Waals surface area (Å²) in [4.78, 5) is 11.9. The fourth-order valence-electron chi connectivity index (χ4n) is 1.96. The maximum absolute atomic E-state index is 11.9. The summed E-state index contributed by atoms with van der Waals surface area (Å²) in [6.07, 6.45) is 8.28. The molecule has 1 amide bonds. The zero-order chi connectivity index (χ0) is 14.4. The van der Waals surface area contributed by atoms with Crippen LogP contribution in [0.5, 0.6) is 5.75 Å². The molecule has 1 aromatic carbocycles. The maximum Gasteiger partial charge on any atom is 0.270 e. The number of amides is 1. The number of hydrogen-bond donors (Lipinski definition) is 2. The highest BCUT2D eigenvalue weighted by molar-refractivity contribution is 6.44. The molecule has 0 heterocycles. The van der Waals surface area contributed by atoms with Crippen molar-refractivity contribution in [2.75, 3.05) is 13.7 Å². The Kier molecular flexibility index (Phi) is 4.71. The molecule has 0 saturated carbocycles. The summed E-state index contributed by atoms with van der Waals surface area (Å²) >= 11 is 0. The van der Waals surface area contributed by atoms with E-state index in [-0.39, 0.29) is 11.6 Å². The van der Waals surface area contributed by atoms with E-state index >= 15 is 0 Å². The summed E-state index contributed by atoms with van der Waals surface area (Å²) in [5, 5.41) is 10.7. The lowest BCUT2D eigenvalue weighted by Crippen LogP contribution is -2.32. The number of carbonyl (C=O) groups excluding carboxylic acids is 1. The number of carbonyl (C=O) groups is 1. The summed E-state index contributed by atoms with van der Waals surface area (Å²) < 4.78 is 5.05. The predicted molar refractivity (Wildman–Crippen MR) is 79.3 cm³/mol. The van der Waals surface area contributed by atoms with Gasteiger partial charge in [0.15, 0.2) is 0 Å². The lowest BCUT2D eigenvalue weighted by atomic mass is 10.1. The average molecular weight is 270 g/mol. The third-order valence-electron chi connectivity index (χ3n) is 3.13. The molecule has 1 aromatic rings. The van der Waals surface area contributed by atoms with E-state index in [0.717, 1.165) is 18.4 Å². The molecular weight excluding hydrogens is 252 g/mol. The van der Waals surface area contributed by atoms with E-state index in [1.807, 2.05) is 6.08 Å². The van der Waals surface area contributed by atoms with Crippen molar-refractivity contribution in [1.82, 2.24) is 5.32 Å². The molecule has 1 aliphatic carbocycles. The molecule has 4 nitrogen and oxygen atoms in total. The third kappa shape index (κ3) is 3.57. The highest BCUT2D eigenvalue weighted by atomic mass is 16.5. The first-order chi connectivity index (χ1) is 9.70. The minimum absolute atomic E-state index is 0.0342. The largest absolute Gasteiger partial charge is 0.497 e. The van der Waals surface area contributed by atoms with Crippen LogP contribution in [0, 0.1) is 5.41 Å². The van der Waals surface area contributed by atoms with Gasteiger partial charge >= 0.3 is 0 Å². The molecule has 1 aliphatic rings. The fourth-order valence-corrected chi connectivity index (χ4v) is 1.96. The molecule has 0 atom stereocenters. The summed E-state index contributed by atoms with van der Waals surface area (Å²) in [5.41, 5.74) is 1.64. The normalized spacial score (nSPS) is 13.6. The van der Waals surface area contributed by atoms with Crippen molar-refractivity contribution in [2.24, 2.45) is 0 Å². The molecule has 2 N–H and O–H groups in total. The van der Waals surface area contributed by atoms with Gasteiger partial charge in [-0.05, 0) is 42.7 Å². The van der Waals surface area contributed by atoms with E-state index in [0.29, 0.717) is 17.9 Å². The van der Waals surface area contributed by atoms with Gasteiger partial charge in [0, 0.05) is 12.1 Å². The number of nitrogens with one attached hydrogen (secondary N) is 2. The van der Waals surface area contributed by atoms with Gasteiger partial charge in [0.2, 0.25) is 0 Å². The van der Waals surface area contributed by atoms with Crippen molar-refractivity contribution in [3.8, 4) is 5.75 Å². The lowest BCUT2D eigenvalue weighted by molar-refractivity contribution is -0.114. The van der Waals surface area contributed by atoms with Gasteiger partial charge in [-0.1, -0.05) is 18.2 Å². The number of hydrogen-bond acceptors (Lipinski definition) is 3. The van der Waals surface area contributed by atoms with Crippen LogP contribution >= 0.6 is 0 Å². The van der Waals surface area contributed by atoms with Crippen molar-refractivity contribution >= 4 is 11.6 Å². The van der Waals surface area contributed by atoms with E-state index in [1.54, 1.807) is 31.4 Å². The Morgan fingerprint density at radius 2 is 2.05 bits per heavy atom. The van der Waals surface area contributed by atoms with Gasteiger partial charge in [-0.3, -0.25) is 10.2 Å². The number of rotatable bonds is 5. The Morgan fingerprint density at radius 3 is 2.65 bits per heavy atom. The van der Waals surface area contributed by atoms with E-state index in [9.17, 15) is 4.79 Å². The minimum Gasteiger partial charge on any atom is -0.497 e. The molecule has 0 radical (unpaired) electrons. The van der Waals surface area contributed by atoms with Gasteiger partial charge < -0.3 is 10.1 Å². The second-order valence-corrected chi connectivity index (χ2v) is 4.54. The van der Waals surface area contributed by atoms with Crippen LogP contribution in [0.1, 0.15) is 18.4 Å². The Morgan fingerprint density at radius 1 is 1.30 bits per heavy atom. The minimum atomic E-state index is -0.366. The average Bonchev–Trinajstić information content (AvgIpc) is 2.53. The van der Waals surface area contributed by atoms with Gasteiger partial charge in [0.05, 0.1) is 7.11 Å². The van der Waals surface area contributed by atoms with Crippen molar-refractivity contribution < 1.29 is 9.53 Å². The molecule has 4 heteroatoms. The van der Waals surface area contributed by atoms with Crippen LogP contribution in [0.15, 0.2) is 48.1 Å². The van der Waals surface area contributed by atoms with Crippen molar-refractivity contribution in [1.29, 1.82) is 5.41 Å². The molecule has 20 heavy (non-hydrogen) atoms. The Hall–Kier alpha value is -2.36. The highest BCUT2D eigenvalue weighted by Crippen LogP contribution is 2.12. The van der Waals surface area contributed by atoms with Crippen LogP contribution < -0.4 is 10.1 Å². The molecule has 0 aromatic heterocycles. The van der Waals surface area contributed by atoms with Crippen molar-refractivity contribution in [2.45, 2.75) is 12.8 Å². The molecule has 0 fully saturated rings. The van der Waals surface area contributed by atoms with Crippen LogP contribution in [-0.2, 0) is 4.79 Å². The number of methoxy groups -OCH3 is 1. The fraction of sp³-hybridized carbons (Fsp3) is 0.250. The van der Waals surface area contributed by atoms with Crippen LogP contribution in [-0.4, -0.2) is 25.3 Å². The van der Waals surface area contributed by atoms with Gasteiger partial charge in [-0.25, -0.2) is 0 Å². The molecule has 0 bridgehead atoms. The monoisotopic (exact) mass is 270 g/mol. The third-order valence-corrected chi connectivity index (χ3v) is 3.13. The Balaban J connectivity index is 1.92. The molecule has 0 saturated heterocycles. The molecule has 104 valence electrons. The Bertz CT molecular complexity index is 556. The summed E-state index contributed by atoms with van der Waals surface area (Å²) in [5.74, 6) is 0.342. The summed E-state index contributed by atoms with van der Waals surface area (Å²) in [6, 6.07) is 6.90. The zero-order valence-electron chi connectivity index (χ0n) is 11.5. The van der Waals surface area contributed by atoms with Crippen LogP contribution in [0.2, 0.25) is 0 Å². The number of benzene rings is 1. The van der Waals surface area contributed by atoms with Crippen LogP contribution in [0.25, 0.3) is 0 Å². The van der Waals surface area contributed by atoms with E-state index in [4.69, 9.17) is 10.1 Å². The molecule has 2 rings (SSSR count). The number of allylic oxidation sites excluding steroid dienone is 2. The predicted octanol–water partition coefficient (Wildman–Crippen LogP) is 2.46. The second-order valence-electron chi connectivity index (χ2n) is 4.54. The molecule has 0 spiro atoms. The van der Waals surface area contributed by atoms with E-state index < -0.39 is 0 Å². The first kappa shape index (κ1) is 14.1. The zero-order valence-corrected chi connectivity index (χ0v) is 11.5. The molecule has 0 aliphatic heterocycles. The molecular formula is C16H18N2O2. The van der Waals surface area contributed by atoms with Gasteiger partial charge in [-0.15, -0.1) is 0 Å². The topological polar surface area (TPSA) is 62.2 Å². The maximum atomic E-state index is 11.9. The van der Waals surface area contributed by atoms with E-state index in [1.165, 1.54) is 0 Å². The smallest absolute Gasteiger partial charge is 0.270 e. The van der Waals surface area contributed by atoms with Gasteiger partial charge in [0.1, 0.15) is 11.5 Å². The van der Waals surface area contributed by atoms with Crippen molar-refractivity contribution in [3.63, 3.8) is 0 Å².